The maximum Gasteiger partial charge on any atom is 0.350 e. The van der Waals surface area contributed by atoms with Gasteiger partial charge in [0.25, 0.3) is 0 Å². The summed E-state index contributed by atoms with van der Waals surface area (Å²) in [5.41, 5.74) is 1.20. The quantitative estimate of drug-likeness (QED) is 0.478. The van der Waals surface area contributed by atoms with Crippen LogP contribution in [0, 0.1) is 10.1 Å². The van der Waals surface area contributed by atoms with E-state index in [1.807, 2.05) is 12.1 Å². The predicted octanol–water partition coefficient (Wildman–Crippen LogP) is 2.90. The molecule has 146 valence electrons. The maximum atomic E-state index is 12.5. The molecule has 11 heteroatoms. The van der Waals surface area contributed by atoms with Crippen molar-refractivity contribution in [3.8, 4) is 5.88 Å². The number of hydrogen-bond acceptors (Lipinski definition) is 6. The minimum atomic E-state index is -0.790. The smallest absolute Gasteiger partial charge is 0.350 e. The maximum absolute atomic E-state index is 12.5. The van der Waals surface area contributed by atoms with Gasteiger partial charge in [0.05, 0.1) is 30.5 Å². The molecule has 1 unspecified atom stereocenters. The van der Waals surface area contributed by atoms with E-state index in [1.165, 1.54) is 18.0 Å². The molecule has 3 aromatic rings. The van der Waals surface area contributed by atoms with Crippen LogP contribution in [0.15, 0.2) is 42.9 Å². The van der Waals surface area contributed by atoms with Gasteiger partial charge in [0.1, 0.15) is 12.2 Å². The molecule has 2 heterocycles. The zero-order chi connectivity index (χ0) is 20.3. The SMILES string of the molecule is COc1nn(C(C)C(=O)Nc2cnn(Cc3ccc(Cl)cc3)c2)cc1[N+](=O)[O-]. The summed E-state index contributed by atoms with van der Waals surface area (Å²) in [7, 11) is 1.28. The number of aromatic nitrogens is 4. The van der Waals surface area contributed by atoms with Crippen molar-refractivity contribution in [2.24, 2.45) is 0 Å². The van der Waals surface area contributed by atoms with Crippen LogP contribution < -0.4 is 10.1 Å². The number of ether oxygens (including phenoxy) is 1. The van der Waals surface area contributed by atoms with Gasteiger partial charge in [-0.1, -0.05) is 23.7 Å². The molecule has 0 aliphatic heterocycles. The van der Waals surface area contributed by atoms with Crippen molar-refractivity contribution in [1.29, 1.82) is 0 Å². The van der Waals surface area contributed by atoms with Crippen LogP contribution in [0.25, 0.3) is 0 Å². The van der Waals surface area contributed by atoms with E-state index in [0.29, 0.717) is 17.3 Å². The number of carbonyl (C=O) groups excluding carboxylic acids is 1. The molecule has 0 fully saturated rings. The van der Waals surface area contributed by atoms with Gasteiger partial charge in [-0.2, -0.15) is 5.10 Å². The molecule has 0 saturated heterocycles. The number of nitrogens with one attached hydrogen (secondary N) is 1. The Labute approximate surface area is 164 Å². The number of nitrogens with zero attached hydrogens (tertiary/aromatic N) is 5. The minimum Gasteiger partial charge on any atom is -0.475 e. The largest absolute Gasteiger partial charge is 0.475 e. The van der Waals surface area contributed by atoms with E-state index in [1.54, 1.807) is 29.9 Å². The van der Waals surface area contributed by atoms with E-state index in [9.17, 15) is 14.9 Å². The number of nitro groups is 1. The van der Waals surface area contributed by atoms with E-state index >= 15 is 0 Å². The summed E-state index contributed by atoms with van der Waals surface area (Å²) < 4.78 is 7.73. The van der Waals surface area contributed by atoms with Crippen LogP contribution >= 0.6 is 11.6 Å². The number of amides is 1. The van der Waals surface area contributed by atoms with E-state index in [0.717, 1.165) is 11.8 Å². The van der Waals surface area contributed by atoms with Crippen LogP contribution in [0.1, 0.15) is 18.5 Å². The molecule has 1 amide bonds. The number of rotatable bonds is 7. The van der Waals surface area contributed by atoms with E-state index in [2.05, 4.69) is 15.5 Å². The lowest BCUT2D eigenvalue weighted by Gasteiger charge is -2.10. The summed E-state index contributed by atoms with van der Waals surface area (Å²) in [5.74, 6) is -0.550. The van der Waals surface area contributed by atoms with E-state index in [4.69, 9.17) is 16.3 Å². The summed E-state index contributed by atoms with van der Waals surface area (Å²) >= 11 is 5.87. The first-order valence-electron chi connectivity index (χ1n) is 8.22. The molecule has 1 aromatic carbocycles. The number of carbonyl (C=O) groups is 1. The van der Waals surface area contributed by atoms with Gasteiger partial charge in [0.15, 0.2) is 0 Å². The van der Waals surface area contributed by atoms with Gasteiger partial charge in [0.2, 0.25) is 5.91 Å². The fourth-order valence-corrected chi connectivity index (χ4v) is 2.62. The van der Waals surface area contributed by atoms with Gasteiger partial charge in [-0.3, -0.25) is 19.6 Å². The molecule has 0 spiro atoms. The second-order valence-electron chi connectivity index (χ2n) is 5.98. The van der Waals surface area contributed by atoms with Crippen LogP contribution in [0.5, 0.6) is 5.88 Å². The molecule has 0 radical (unpaired) electrons. The normalized spacial score (nSPS) is 11.8. The zero-order valence-electron chi connectivity index (χ0n) is 15.1. The highest BCUT2D eigenvalue weighted by molar-refractivity contribution is 6.30. The lowest BCUT2D eigenvalue weighted by molar-refractivity contribution is -0.385. The second-order valence-corrected chi connectivity index (χ2v) is 6.42. The summed E-state index contributed by atoms with van der Waals surface area (Å²) in [4.78, 5) is 22.8. The zero-order valence-corrected chi connectivity index (χ0v) is 15.8. The Bertz CT molecular complexity index is 998. The molecule has 10 nitrogen and oxygen atoms in total. The molecule has 1 N–H and O–H groups in total. The van der Waals surface area contributed by atoms with Crippen molar-refractivity contribution >= 4 is 28.9 Å². The highest BCUT2D eigenvalue weighted by atomic mass is 35.5. The number of methoxy groups -OCH3 is 1. The lowest BCUT2D eigenvalue weighted by atomic mass is 10.2. The van der Waals surface area contributed by atoms with Gasteiger partial charge in [-0.25, -0.2) is 4.68 Å². The summed E-state index contributed by atoms with van der Waals surface area (Å²) in [5, 5.41) is 22.5. The Morgan fingerprint density at radius 1 is 1.36 bits per heavy atom. The van der Waals surface area contributed by atoms with Crippen molar-refractivity contribution in [2.75, 3.05) is 12.4 Å². The highest BCUT2D eigenvalue weighted by Crippen LogP contribution is 2.26. The molecule has 0 aliphatic carbocycles. The molecule has 3 rings (SSSR count). The standard InChI is InChI=1S/C17H17ClN6O4/c1-11(23-10-15(24(26)27)17(21-23)28-2)16(25)20-14-7-19-22(9-14)8-12-3-5-13(18)6-4-12/h3-7,9-11H,8H2,1-2H3,(H,20,25). The monoisotopic (exact) mass is 404 g/mol. The number of benzene rings is 1. The highest BCUT2D eigenvalue weighted by Gasteiger charge is 2.25. The molecule has 2 aromatic heterocycles. The third-order valence-corrected chi connectivity index (χ3v) is 4.26. The fraction of sp³-hybridized carbons (Fsp3) is 0.235. The minimum absolute atomic E-state index is 0.152. The van der Waals surface area contributed by atoms with Crippen molar-refractivity contribution in [3.63, 3.8) is 0 Å². The Morgan fingerprint density at radius 2 is 2.07 bits per heavy atom. The first kappa shape index (κ1) is 19.4. The number of halogens is 1. The predicted molar refractivity (Wildman–Crippen MR) is 102 cm³/mol. The Morgan fingerprint density at radius 3 is 2.68 bits per heavy atom. The first-order chi connectivity index (χ1) is 13.4. The third-order valence-electron chi connectivity index (χ3n) is 4.00. The lowest BCUT2D eigenvalue weighted by Crippen LogP contribution is -2.23. The molecule has 0 saturated carbocycles. The van der Waals surface area contributed by atoms with E-state index < -0.39 is 16.9 Å². The Balaban J connectivity index is 1.67. The molecule has 0 bridgehead atoms. The van der Waals surface area contributed by atoms with Gasteiger partial charge in [-0.15, -0.1) is 5.10 Å². The Kier molecular flexibility index (Phi) is 5.59. The van der Waals surface area contributed by atoms with Crippen molar-refractivity contribution < 1.29 is 14.5 Å². The summed E-state index contributed by atoms with van der Waals surface area (Å²) in [6.45, 7) is 2.09. The van der Waals surface area contributed by atoms with Gasteiger partial charge in [0, 0.05) is 11.2 Å². The van der Waals surface area contributed by atoms with Crippen molar-refractivity contribution in [1.82, 2.24) is 19.6 Å². The molecular formula is C17H17ClN6O4. The second kappa shape index (κ2) is 8.09. The van der Waals surface area contributed by atoms with Crippen LogP contribution in [0.2, 0.25) is 5.02 Å². The topological polar surface area (TPSA) is 117 Å². The van der Waals surface area contributed by atoms with Gasteiger partial charge in [-0.05, 0) is 24.6 Å². The molecule has 28 heavy (non-hydrogen) atoms. The van der Waals surface area contributed by atoms with Gasteiger partial charge < -0.3 is 10.1 Å². The molecule has 1 atom stereocenters. The van der Waals surface area contributed by atoms with Gasteiger partial charge >= 0.3 is 11.6 Å². The average molecular weight is 405 g/mol. The van der Waals surface area contributed by atoms with Crippen LogP contribution in [0.3, 0.4) is 0 Å². The fourth-order valence-electron chi connectivity index (χ4n) is 2.49. The average Bonchev–Trinajstić information content (AvgIpc) is 3.29. The number of hydrogen-bond donors (Lipinski definition) is 1. The number of anilines is 1. The molecule has 0 aliphatic rings. The van der Waals surface area contributed by atoms with Crippen molar-refractivity contribution in [2.45, 2.75) is 19.5 Å². The van der Waals surface area contributed by atoms with Crippen molar-refractivity contribution in [3.05, 3.63) is 63.6 Å². The molecular weight excluding hydrogens is 388 g/mol. The van der Waals surface area contributed by atoms with Crippen LogP contribution in [0.4, 0.5) is 11.4 Å². The Hall–Kier alpha value is -3.40. The first-order valence-corrected chi connectivity index (χ1v) is 8.60. The van der Waals surface area contributed by atoms with E-state index in [-0.39, 0.29) is 11.6 Å². The summed E-state index contributed by atoms with van der Waals surface area (Å²) in [6, 6.07) is 6.58. The summed E-state index contributed by atoms with van der Waals surface area (Å²) in [6.07, 6.45) is 4.37. The third kappa shape index (κ3) is 4.29. The van der Waals surface area contributed by atoms with Crippen LogP contribution in [-0.4, -0.2) is 37.5 Å². The van der Waals surface area contributed by atoms with Crippen LogP contribution in [-0.2, 0) is 11.3 Å².